The Kier molecular flexibility index (Phi) is 5.45. The zero-order chi connectivity index (χ0) is 10.4. The molecule has 1 heterocycles. The van der Waals surface area contributed by atoms with Crippen molar-refractivity contribution in [3.8, 4) is 0 Å². The van der Waals surface area contributed by atoms with Crippen molar-refractivity contribution in [2.24, 2.45) is 0 Å². The lowest BCUT2D eigenvalue weighted by atomic mass is 10.0. The summed E-state index contributed by atoms with van der Waals surface area (Å²) in [5.74, 6) is 0. The Balaban J connectivity index is 2.34. The van der Waals surface area contributed by atoms with Crippen molar-refractivity contribution < 1.29 is 10.2 Å². The molecule has 0 saturated carbocycles. The molecule has 0 radical (unpaired) electrons. The number of likely N-dealkylation sites (tertiary alicyclic amines) is 1. The highest BCUT2D eigenvalue weighted by Crippen LogP contribution is 2.17. The van der Waals surface area contributed by atoms with Crippen LogP contribution in [0.5, 0.6) is 0 Å². The molecule has 1 aliphatic rings. The van der Waals surface area contributed by atoms with E-state index in [1.807, 2.05) is 0 Å². The van der Waals surface area contributed by atoms with E-state index in [0.29, 0.717) is 6.04 Å². The maximum Gasteiger partial charge on any atom is 0.0564 e. The SMILES string of the molecule is CCCC(CCO)N1CCC(O)CC1. The maximum atomic E-state index is 9.39. The van der Waals surface area contributed by atoms with E-state index in [1.165, 1.54) is 6.42 Å². The number of rotatable bonds is 5. The van der Waals surface area contributed by atoms with Crippen LogP contribution in [0.4, 0.5) is 0 Å². The predicted octanol–water partition coefficient (Wildman–Crippen LogP) is 0.994. The topological polar surface area (TPSA) is 43.7 Å². The minimum absolute atomic E-state index is 0.0948. The van der Waals surface area contributed by atoms with Gasteiger partial charge in [0.25, 0.3) is 0 Å². The van der Waals surface area contributed by atoms with Crippen LogP contribution < -0.4 is 0 Å². The first kappa shape index (κ1) is 12.0. The van der Waals surface area contributed by atoms with Gasteiger partial charge in [-0.15, -0.1) is 0 Å². The molecule has 1 unspecified atom stereocenters. The van der Waals surface area contributed by atoms with E-state index in [9.17, 15) is 5.11 Å². The number of aliphatic hydroxyl groups excluding tert-OH is 2. The van der Waals surface area contributed by atoms with E-state index in [-0.39, 0.29) is 12.7 Å². The van der Waals surface area contributed by atoms with Gasteiger partial charge in [-0.1, -0.05) is 13.3 Å². The molecule has 1 aliphatic heterocycles. The Morgan fingerprint density at radius 1 is 1.29 bits per heavy atom. The van der Waals surface area contributed by atoms with Crippen molar-refractivity contribution in [2.45, 2.75) is 51.2 Å². The average Bonchev–Trinajstić information content (AvgIpc) is 2.19. The molecule has 3 nitrogen and oxygen atoms in total. The molecule has 14 heavy (non-hydrogen) atoms. The number of aliphatic hydroxyl groups is 2. The van der Waals surface area contributed by atoms with E-state index in [2.05, 4.69) is 11.8 Å². The van der Waals surface area contributed by atoms with Gasteiger partial charge < -0.3 is 15.1 Å². The first-order chi connectivity index (χ1) is 6.77. The first-order valence-electron chi connectivity index (χ1n) is 5.81. The first-order valence-corrected chi connectivity index (χ1v) is 5.81. The van der Waals surface area contributed by atoms with Crippen molar-refractivity contribution in [3.05, 3.63) is 0 Å². The van der Waals surface area contributed by atoms with E-state index in [0.717, 1.165) is 38.8 Å². The lowest BCUT2D eigenvalue weighted by molar-refractivity contribution is 0.0508. The molecule has 84 valence electrons. The summed E-state index contributed by atoms with van der Waals surface area (Å²) in [6, 6.07) is 0.525. The summed E-state index contributed by atoms with van der Waals surface area (Å²) >= 11 is 0. The lowest BCUT2D eigenvalue weighted by Gasteiger charge is -2.36. The van der Waals surface area contributed by atoms with Crippen LogP contribution in [0.2, 0.25) is 0 Å². The minimum Gasteiger partial charge on any atom is -0.396 e. The molecule has 0 aromatic carbocycles. The quantitative estimate of drug-likeness (QED) is 0.697. The highest BCUT2D eigenvalue weighted by molar-refractivity contribution is 4.77. The largest absolute Gasteiger partial charge is 0.396 e. The third-order valence-corrected chi connectivity index (χ3v) is 3.10. The lowest BCUT2D eigenvalue weighted by Crippen LogP contribution is -2.43. The van der Waals surface area contributed by atoms with Crippen molar-refractivity contribution in [3.63, 3.8) is 0 Å². The van der Waals surface area contributed by atoms with Gasteiger partial charge in [-0.2, -0.15) is 0 Å². The molecule has 1 atom stereocenters. The summed E-state index contributed by atoms with van der Waals surface area (Å²) in [4.78, 5) is 2.42. The summed E-state index contributed by atoms with van der Waals surface area (Å²) in [5.41, 5.74) is 0. The van der Waals surface area contributed by atoms with Gasteiger partial charge in [-0.25, -0.2) is 0 Å². The third-order valence-electron chi connectivity index (χ3n) is 3.10. The second-order valence-electron chi connectivity index (χ2n) is 4.22. The smallest absolute Gasteiger partial charge is 0.0564 e. The van der Waals surface area contributed by atoms with Crippen molar-refractivity contribution in [2.75, 3.05) is 19.7 Å². The normalized spacial score (nSPS) is 22.5. The molecule has 0 spiro atoms. The Morgan fingerprint density at radius 3 is 2.43 bits per heavy atom. The third kappa shape index (κ3) is 3.56. The van der Waals surface area contributed by atoms with Crippen molar-refractivity contribution in [1.82, 2.24) is 4.90 Å². The summed E-state index contributed by atoms with van der Waals surface area (Å²) in [6.07, 6.45) is 4.91. The molecular weight excluding hydrogens is 178 g/mol. The molecular formula is C11H23NO2. The molecule has 2 N–H and O–H groups in total. The number of hydrogen-bond donors (Lipinski definition) is 2. The van der Waals surface area contributed by atoms with Crippen LogP contribution in [0.25, 0.3) is 0 Å². The zero-order valence-electron chi connectivity index (χ0n) is 9.15. The van der Waals surface area contributed by atoms with Crippen LogP contribution in [-0.4, -0.2) is 47.0 Å². The van der Waals surface area contributed by atoms with Gasteiger partial charge in [0.1, 0.15) is 0 Å². The standard InChI is InChI=1S/C11H23NO2/c1-2-3-10(6-9-13)12-7-4-11(14)5-8-12/h10-11,13-14H,2-9H2,1H3. The van der Waals surface area contributed by atoms with Crippen LogP contribution >= 0.6 is 0 Å². The Labute approximate surface area is 86.7 Å². The fourth-order valence-corrected chi connectivity index (χ4v) is 2.24. The molecule has 0 aromatic heterocycles. The molecule has 0 aliphatic carbocycles. The van der Waals surface area contributed by atoms with Gasteiger partial charge in [0.2, 0.25) is 0 Å². The van der Waals surface area contributed by atoms with Crippen molar-refractivity contribution >= 4 is 0 Å². The zero-order valence-corrected chi connectivity index (χ0v) is 9.15. The Morgan fingerprint density at radius 2 is 1.93 bits per heavy atom. The van der Waals surface area contributed by atoms with Gasteiger partial charge in [0, 0.05) is 25.7 Å². The molecule has 0 bridgehead atoms. The van der Waals surface area contributed by atoms with Gasteiger partial charge in [-0.3, -0.25) is 0 Å². The van der Waals surface area contributed by atoms with Crippen LogP contribution in [0.15, 0.2) is 0 Å². The molecule has 3 heteroatoms. The van der Waals surface area contributed by atoms with E-state index < -0.39 is 0 Å². The van der Waals surface area contributed by atoms with Gasteiger partial charge in [-0.05, 0) is 25.7 Å². The van der Waals surface area contributed by atoms with Gasteiger partial charge >= 0.3 is 0 Å². The van der Waals surface area contributed by atoms with Crippen LogP contribution in [0.3, 0.4) is 0 Å². The minimum atomic E-state index is -0.0948. The van der Waals surface area contributed by atoms with Crippen LogP contribution in [0.1, 0.15) is 39.0 Å². The van der Waals surface area contributed by atoms with Crippen LogP contribution in [-0.2, 0) is 0 Å². The molecule has 1 saturated heterocycles. The molecule has 0 aromatic rings. The Bertz CT molecular complexity index is 138. The summed E-state index contributed by atoms with van der Waals surface area (Å²) < 4.78 is 0. The number of piperidine rings is 1. The summed E-state index contributed by atoms with van der Waals surface area (Å²) in [5, 5.41) is 18.4. The fraction of sp³-hybridized carbons (Fsp3) is 1.00. The van der Waals surface area contributed by atoms with Crippen LogP contribution in [0, 0.1) is 0 Å². The van der Waals surface area contributed by atoms with Crippen molar-refractivity contribution in [1.29, 1.82) is 0 Å². The van der Waals surface area contributed by atoms with E-state index in [4.69, 9.17) is 5.11 Å². The maximum absolute atomic E-state index is 9.39. The Hall–Kier alpha value is -0.120. The van der Waals surface area contributed by atoms with E-state index >= 15 is 0 Å². The second kappa shape index (κ2) is 6.38. The predicted molar refractivity (Wildman–Crippen MR) is 57.2 cm³/mol. The summed E-state index contributed by atoms with van der Waals surface area (Å²) in [6.45, 7) is 4.45. The summed E-state index contributed by atoms with van der Waals surface area (Å²) in [7, 11) is 0. The van der Waals surface area contributed by atoms with Gasteiger partial charge in [0.05, 0.1) is 6.10 Å². The molecule has 1 fully saturated rings. The second-order valence-corrected chi connectivity index (χ2v) is 4.22. The number of nitrogens with zero attached hydrogens (tertiary/aromatic N) is 1. The highest BCUT2D eigenvalue weighted by Gasteiger charge is 2.22. The monoisotopic (exact) mass is 201 g/mol. The average molecular weight is 201 g/mol. The van der Waals surface area contributed by atoms with Gasteiger partial charge in [0.15, 0.2) is 0 Å². The molecule has 0 amide bonds. The molecule has 1 rings (SSSR count). The fourth-order valence-electron chi connectivity index (χ4n) is 2.24. The number of hydrogen-bond acceptors (Lipinski definition) is 3. The highest BCUT2D eigenvalue weighted by atomic mass is 16.3. The van der Waals surface area contributed by atoms with E-state index in [1.54, 1.807) is 0 Å².